The maximum Gasteiger partial charge on any atom is 0.221 e. The summed E-state index contributed by atoms with van der Waals surface area (Å²) in [5.74, 6) is -0.0105. The Bertz CT molecular complexity index is 545. The van der Waals surface area contributed by atoms with E-state index in [-0.39, 0.29) is 19.6 Å². The molecule has 1 unspecified atom stereocenters. The molecule has 0 saturated heterocycles. The lowest BCUT2D eigenvalue weighted by Crippen LogP contribution is -2.35. The molecule has 19 heavy (non-hydrogen) atoms. The first kappa shape index (κ1) is 8.55. The lowest BCUT2D eigenvalue weighted by molar-refractivity contribution is -0.117. The van der Waals surface area contributed by atoms with E-state index in [9.17, 15) is 9.90 Å². The lowest BCUT2D eigenvalue weighted by Gasteiger charge is -2.15. The van der Waals surface area contributed by atoms with Gasteiger partial charge in [0.15, 0.2) is 0 Å². The quantitative estimate of drug-likeness (QED) is 0.641. The smallest absolute Gasteiger partial charge is 0.221 e. The fourth-order valence-electron chi connectivity index (χ4n) is 1.41. The Morgan fingerprint density at radius 3 is 2.74 bits per heavy atom. The number of nitrogens with two attached hydrogens (primary N) is 1. The number of carbonyl (C=O) groups is 1. The Balaban J connectivity index is 2.49. The van der Waals surface area contributed by atoms with E-state index in [0.29, 0.717) is 5.75 Å². The summed E-state index contributed by atoms with van der Waals surface area (Å²) < 4.78 is 48.9. The van der Waals surface area contributed by atoms with Crippen LogP contribution in [0.1, 0.15) is 27.5 Å². The lowest BCUT2D eigenvalue weighted by atomic mass is 10.1. The minimum Gasteiger partial charge on any atom is -0.491 e. The molecule has 5 heteroatoms. The fourth-order valence-corrected chi connectivity index (χ4v) is 1.41. The van der Waals surface area contributed by atoms with Gasteiger partial charge in [0.2, 0.25) is 5.91 Å². The molecule has 0 saturated carbocycles. The Kier molecular flexibility index (Phi) is 3.49. The molecule has 1 aromatic rings. The van der Waals surface area contributed by atoms with Crippen molar-refractivity contribution in [3.63, 3.8) is 0 Å². The molecular weight excluding hydrogens is 244 g/mol. The highest BCUT2D eigenvalue weighted by Gasteiger charge is 2.06. The van der Waals surface area contributed by atoms with Crippen LogP contribution in [0.4, 0.5) is 0 Å². The second kappa shape index (κ2) is 7.76. The maximum atomic E-state index is 10.8. The third-order valence-electron chi connectivity index (χ3n) is 2.30. The van der Waals surface area contributed by atoms with E-state index in [1.54, 1.807) is 24.3 Å². The highest BCUT2D eigenvalue weighted by molar-refractivity contribution is 5.76. The number of carbonyl (C=O) groups excluding carboxylic acids is 1. The topological polar surface area (TPSA) is 84.6 Å². The number of hydrogen-bond acceptors (Lipinski definition) is 4. The molecule has 1 aromatic carbocycles. The maximum absolute atomic E-state index is 10.8. The van der Waals surface area contributed by atoms with Gasteiger partial charge < -0.3 is 20.9 Å². The first-order valence-corrected chi connectivity index (χ1v) is 5.81. The van der Waals surface area contributed by atoms with Gasteiger partial charge in [0.1, 0.15) is 18.5 Å². The van der Waals surface area contributed by atoms with E-state index >= 15 is 0 Å². The van der Waals surface area contributed by atoms with Crippen LogP contribution in [0.3, 0.4) is 0 Å². The Morgan fingerprint density at radius 2 is 2.16 bits per heavy atom. The van der Waals surface area contributed by atoms with Gasteiger partial charge in [-0.2, -0.15) is 0 Å². The summed E-state index contributed by atoms with van der Waals surface area (Å²) in [6.07, 6.45) is -0.990. The van der Waals surface area contributed by atoms with Crippen LogP contribution in [0.5, 0.6) is 5.75 Å². The first-order chi connectivity index (χ1) is 11.4. The van der Waals surface area contributed by atoms with Crippen molar-refractivity contribution in [1.29, 1.82) is 0 Å². The number of nitrogens with one attached hydrogen (secondary N) is 1. The number of ether oxygens (including phenoxy) is 1. The summed E-state index contributed by atoms with van der Waals surface area (Å²) >= 11 is 0. The van der Waals surface area contributed by atoms with Crippen LogP contribution in [0, 0.1) is 0 Å². The van der Waals surface area contributed by atoms with Crippen LogP contribution in [-0.4, -0.2) is 36.3 Å². The number of rotatable bonds is 8. The standard InChI is InChI=1S/C14H22N2O3/c1-10(2)16-8-12(17)9-19-13-5-3-11(4-6-13)7-14(15)18/h3-6,10,12,16-17H,7-9H2,1-2H3,(H2,15,18)/i1D3,2D3. The number of primary amides is 1. The molecule has 106 valence electrons. The van der Waals surface area contributed by atoms with Gasteiger partial charge in [-0.15, -0.1) is 0 Å². The molecule has 0 aliphatic carbocycles. The third-order valence-corrected chi connectivity index (χ3v) is 2.30. The average molecular weight is 272 g/mol. The Hall–Kier alpha value is -1.59. The SMILES string of the molecule is [2H]C([2H])([2H])C(NCC(O)COc1ccc(CC(N)=O)cc1)C([2H])([2H])[2H]. The van der Waals surface area contributed by atoms with Crippen molar-refractivity contribution >= 4 is 5.91 Å². The third kappa shape index (κ3) is 6.79. The molecule has 0 fully saturated rings. The summed E-state index contributed by atoms with van der Waals surface area (Å²) in [5.41, 5.74) is 5.81. The zero-order valence-corrected chi connectivity index (χ0v) is 10.4. The monoisotopic (exact) mass is 272 g/mol. The predicted molar refractivity (Wildman–Crippen MR) is 74.0 cm³/mol. The van der Waals surface area contributed by atoms with Gasteiger partial charge in [-0.1, -0.05) is 25.8 Å². The van der Waals surface area contributed by atoms with Gasteiger partial charge in [0, 0.05) is 20.8 Å². The molecule has 5 nitrogen and oxygen atoms in total. The van der Waals surface area contributed by atoms with Crippen molar-refractivity contribution < 1.29 is 22.9 Å². The van der Waals surface area contributed by atoms with Crippen LogP contribution in [0.25, 0.3) is 0 Å². The van der Waals surface area contributed by atoms with Gasteiger partial charge >= 0.3 is 0 Å². The molecule has 1 amide bonds. The van der Waals surface area contributed by atoms with E-state index < -0.39 is 31.8 Å². The average Bonchev–Trinajstić information content (AvgIpc) is 2.43. The predicted octanol–water partition coefficient (Wildman–Crippen LogP) is 0.452. The number of amides is 1. The van der Waals surface area contributed by atoms with Crippen LogP contribution in [0.15, 0.2) is 24.3 Å². The molecule has 1 atom stereocenters. The van der Waals surface area contributed by atoms with Crippen molar-refractivity contribution in [3.05, 3.63) is 29.8 Å². The Morgan fingerprint density at radius 1 is 1.47 bits per heavy atom. The van der Waals surface area contributed by atoms with E-state index in [1.807, 2.05) is 0 Å². The molecule has 0 aromatic heterocycles. The molecule has 0 heterocycles. The molecule has 0 spiro atoms. The molecular formula is C14H22N2O3. The molecule has 0 aliphatic heterocycles. The minimum atomic E-state index is -2.72. The molecule has 0 aliphatic rings. The van der Waals surface area contributed by atoms with Gasteiger partial charge in [-0.05, 0) is 17.7 Å². The summed E-state index contributed by atoms with van der Waals surface area (Å²) in [4.78, 5) is 10.8. The van der Waals surface area contributed by atoms with Gasteiger partial charge in [-0.3, -0.25) is 4.79 Å². The normalized spacial score (nSPS) is 18.4. The fraction of sp³-hybridized carbons (Fsp3) is 0.500. The molecule has 0 radical (unpaired) electrons. The van der Waals surface area contributed by atoms with E-state index in [0.717, 1.165) is 5.56 Å². The van der Waals surface area contributed by atoms with Crippen LogP contribution < -0.4 is 15.8 Å². The van der Waals surface area contributed by atoms with Crippen molar-refractivity contribution in [2.75, 3.05) is 13.2 Å². The largest absolute Gasteiger partial charge is 0.491 e. The zero-order chi connectivity index (χ0) is 19.3. The summed E-state index contributed by atoms with van der Waals surface area (Å²) in [5, 5.41) is 12.2. The second-order valence-corrected chi connectivity index (χ2v) is 4.09. The molecule has 1 rings (SSSR count). The first-order valence-electron chi connectivity index (χ1n) is 8.81. The highest BCUT2D eigenvalue weighted by atomic mass is 16.5. The van der Waals surface area contributed by atoms with Crippen LogP contribution in [0.2, 0.25) is 0 Å². The molecule has 4 N–H and O–H groups in total. The van der Waals surface area contributed by atoms with Gasteiger partial charge in [0.05, 0.1) is 6.42 Å². The summed E-state index contributed by atoms with van der Waals surface area (Å²) in [6.45, 7) is -5.84. The van der Waals surface area contributed by atoms with Crippen LogP contribution in [-0.2, 0) is 11.2 Å². The van der Waals surface area contributed by atoms with Gasteiger partial charge in [-0.25, -0.2) is 0 Å². The van der Waals surface area contributed by atoms with Crippen LogP contribution >= 0.6 is 0 Å². The number of hydrogen-bond donors (Lipinski definition) is 3. The van der Waals surface area contributed by atoms with Crippen molar-refractivity contribution in [1.82, 2.24) is 5.32 Å². The minimum absolute atomic E-state index is 0.110. The highest BCUT2D eigenvalue weighted by Crippen LogP contribution is 2.12. The van der Waals surface area contributed by atoms with E-state index in [4.69, 9.17) is 18.7 Å². The molecule has 0 bridgehead atoms. The van der Waals surface area contributed by atoms with E-state index in [2.05, 4.69) is 5.32 Å². The zero-order valence-electron chi connectivity index (χ0n) is 16.4. The van der Waals surface area contributed by atoms with Crippen molar-refractivity contribution in [3.8, 4) is 5.75 Å². The van der Waals surface area contributed by atoms with Crippen molar-refractivity contribution in [2.45, 2.75) is 32.3 Å². The number of benzene rings is 1. The van der Waals surface area contributed by atoms with Gasteiger partial charge in [0.25, 0.3) is 0 Å². The Labute approximate surface area is 122 Å². The van der Waals surface area contributed by atoms with E-state index in [1.165, 1.54) is 0 Å². The number of aliphatic hydroxyl groups is 1. The number of aliphatic hydroxyl groups excluding tert-OH is 1. The summed E-state index contributed by atoms with van der Waals surface area (Å²) in [6, 6.07) is 4.79. The van der Waals surface area contributed by atoms with Crippen molar-refractivity contribution in [2.24, 2.45) is 5.73 Å². The second-order valence-electron chi connectivity index (χ2n) is 4.09. The summed E-state index contributed by atoms with van der Waals surface area (Å²) in [7, 11) is 0.